The maximum Gasteiger partial charge on any atom is 0.193 e. The molecule has 0 unspecified atom stereocenters. The summed E-state index contributed by atoms with van der Waals surface area (Å²) in [7, 11) is 4.13. The molecule has 0 bridgehead atoms. The molecule has 3 rings (SSSR count). The summed E-state index contributed by atoms with van der Waals surface area (Å²) in [4.78, 5) is 13.6. The van der Waals surface area contributed by atoms with Gasteiger partial charge >= 0.3 is 0 Å². The zero-order valence-electron chi connectivity index (χ0n) is 15.4. The molecular weight excluding hydrogens is 429 g/mol. The van der Waals surface area contributed by atoms with Gasteiger partial charge in [-0.15, -0.1) is 24.0 Å². The number of aromatic amines is 1. The predicted octanol–water partition coefficient (Wildman–Crippen LogP) is 2.05. The number of likely N-dealkylation sites (N-methyl/N-ethyl adjacent to an activating group) is 1. The molecule has 1 aromatic heterocycles. The molecule has 0 atom stereocenters. The summed E-state index contributed by atoms with van der Waals surface area (Å²) in [5.41, 5.74) is 0. The molecule has 2 heterocycles. The van der Waals surface area contributed by atoms with Gasteiger partial charge in [0.25, 0.3) is 0 Å². The fourth-order valence-electron chi connectivity index (χ4n) is 3.98. The van der Waals surface area contributed by atoms with E-state index in [1.165, 1.54) is 25.7 Å². The number of hydrogen-bond acceptors (Lipinski definition) is 4. The summed E-state index contributed by atoms with van der Waals surface area (Å²) in [5.74, 6) is 2.55. The molecule has 7 nitrogen and oxygen atoms in total. The molecule has 1 saturated heterocycles. The molecule has 2 N–H and O–H groups in total. The van der Waals surface area contributed by atoms with Gasteiger partial charge in [-0.3, -0.25) is 10.1 Å². The normalized spacial score (nSPS) is 20.1. The smallest absolute Gasteiger partial charge is 0.193 e. The van der Waals surface area contributed by atoms with Crippen molar-refractivity contribution in [2.45, 2.75) is 50.5 Å². The third-order valence-electron chi connectivity index (χ3n) is 5.52. The summed E-state index contributed by atoms with van der Waals surface area (Å²) in [6, 6.07) is 0.784. The van der Waals surface area contributed by atoms with Crippen LogP contribution in [0.5, 0.6) is 0 Å². The third kappa shape index (κ3) is 5.54. The lowest BCUT2D eigenvalue weighted by Crippen LogP contribution is -2.47. The van der Waals surface area contributed by atoms with Crippen LogP contribution < -0.4 is 5.32 Å². The molecule has 1 aliphatic heterocycles. The van der Waals surface area contributed by atoms with Gasteiger partial charge in [0.15, 0.2) is 5.96 Å². The minimum atomic E-state index is 0. The molecular formula is C17H32IN7. The Hall–Kier alpha value is -0.900. The van der Waals surface area contributed by atoms with Crippen LogP contribution in [0.3, 0.4) is 0 Å². The highest BCUT2D eigenvalue weighted by molar-refractivity contribution is 14.0. The number of aliphatic imine (C=N–C) groups is 1. The Morgan fingerprint density at radius 3 is 2.64 bits per heavy atom. The Bertz CT molecular complexity index is 505. The van der Waals surface area contributed by atoms with Crippen molar-refractivity contribution >= 4 is 29.9 Å². The van der Waals surface area contributed by atoms with E-state index in [-0.39, 0.29) is 24.0 Å². The van der Waals surface area contributed by atoms with Crippen molar-refractivity contribution < 1.29 is 0 Å². The number of aromatic nitrogens is 3. The molecule has 0 radical (unpaired) electrons. The van der Waals surface area contributed by atoms with E-state index in [4.69, 9.17) is 0 Å². The Kier molecular flexibility index (Phi) is 8.41. The van der Waals surface area contributed by atoms with Crippen LogP contribution in [0.25, 0.3) is 0 Å². The van der Waals surface area contributed by atoms with Crippen LogP contribution in [0, 0.1) is 0 Å². The first-order chi connectivity index (χ1) is 11.8. The summed E-state index contributed by atoms with van der Waals surface area (Å²) in [6.45, 7) is 4.08. The maximum atomic E-state index is 4.47. The van der Waals surface area contributed by atoms with Crippen LogP contribution in [0.1, 0.15) is 50.3 Å². The minimum Gasteiger partial charge on any atom is -0.355 e. The summed E-state index contributed by atoms with van der Waals surface area (Å²) >= 11 is 0. The van der Waals surface area contributed by atoms with Crippen LogP contribution in [0.4, 0.5) is 0 Å². The van der Waals surface area contributed by atoms with Crippen LogP contribution >= 0.6 is 24.0 Å². The van der Waals surface area contributed by atoms with E-state index in [0.717, 1.165) is 56.8 Å². The standard InChI is InChI=1S/C17H31N7.HI/c1-18-17(19-9-12-23(2)15-5-3-4-6-15)24-10-7-14(8-11-24)16-20-13-21-22-16;/h13-15H,3-12H2,1-2H3,(H,18,19)(H,20,21,22);1H. The molecule has 0 spiro atoms. The Balaban J connectivity index is 0.00000225. The number of guanidine groups is 1. The van der Waals surface area contributed by atoms with Gasteiger partial charge in [-0.25, -0.2) is 4.98 Å². The number of rotatable bonds is 5. The lowest BCUT2D eigenvalue weighted by atomic mass is 9.96. The van der Waals surface area contributed by atoms with Crippen molar-refractivity contribution in [2.24, 2.45) is 4.99 Å². The third-order valence-corrected chi connectivity index (χ3v) is 5.52. The SMILES string of the molecule is CN=C(NCCN(C)C1CCCC1)N1CCC(c2ncn[nH]2)CC1.I. The molecule has 2 fully saturated rings. The molecule has 2 aliphatic rings. The van der Waals surface area contributed by atoms with E-state index >= 15 is 0 Å². The number of piperidine rings is 1. The van der Waals surface area contributed by atoms with E-state index in [1.807, 2.05) is 7.05 Å². The van der Waals surface area contributed by atoms with Crippen LogP contribution in [0.15, 0.2) is 11.3 Å². The number of halogens is 1. The number of likely N-dealkylation sites (tertiary alicyclic amines) is 1. The molecule has 1 aliphatic carbocycles. The lowest BCUT2D eigenvalue weighted by Gasteiger charge is -2.34. The van der Waals surface area contributed by atoms with Gasteiger partial charge < -0.3 is 15.1 Å². The first kappa shape index (κ1) is 20.4. The molecule has 25 heavy (non-hydrogen) atoms. The number of H-pyrrole nitrogens is 1. The van der Waals surface area contributed by atoms with E-state index in [0.29, 0.717) is 5.92 Å². The van der Waals surface area contributed by atoms with Gasteiger partial charge in [-0.2, -0.15) is 5.10 Å². The summed E-state index contributed by atoms with van der Waals surface area (Å²) in [5, 5.41) is 10.5. The second kappa shape index (κ2) is 10.3. The largest absolute Gasteiger partial charge is 0.355 e. The van der Waals surface area contributed by atoms with Gasteiger partial charge in [0, 0.05) is 45.2 Å². The van der Waals surface area contributed by atoms with Crippen LogP contribution in [-0.2, 0) is 0 Å². The fourth-order valence-corrected chi connectivity index (χ4v) is 3.98. The topological polar surface area (TPSA) is 72.4 Å². The monoisotopic (exact) mass is 461 g/mol. The van der Waals surface area contributed by atoms with Crippen molar-refractivity contribution in [3.05, 3.63) is 12.2 Å². The number of nitrogens with zero attached hydrogens (tertiary/aromatic N) is 5. The zero-order valence-corrected chi connectivity index (χ0v) is 17.8. The second-order valence-corrected chi connectivity index (χ2v) is 7.02. The molecule has 1 aromatic rings. The first-order valence-electron chi connectivity index (χ1n) is 9.29. The van der Waals surface area contributed by atoms with Crippen molar-refractivity contribution in [3.8, 4) is 0 Å². The van der Waals surface area contributed by atoms with Gasteiger partial charge in [-0.1, -0.05) is 12.8 Å². The summed E-state index contributed by atoms with van der Waals surface area (Å²) < 4.78 is 0. The van der Waals surface area contributed by atoms with Gasteiger partial charge in [0.05, 0.1) is 0 Å². The maximum absolute atomic E-state index is 4.47. The highest BCUT2D eigenvalue weighted by Gasteiger charge is 2.24. The zero-order chi connectivity index (χ0) is 16.8. The molecule has 142 valence electrons. The van der Waals surface area contributed by atoms with Gasteiger partial charge in [-0.05, 0) is 32.7 Å². The number of nitrogens with one attached hydrogen (secondary N) is 2. The molecule has 0 amide bonds. The number of hydrogen-bond donors (Lipinski definition) is 2. The Labute approximate surface area is 168 Å². The van der Waals surface area contributed by atoms with E-state index < -0.39 is 0 Å². The predicted molar refractivity (Wildman–Crippen MR) is 112 cm³/mol. The minimum absolute atomic E-state index is 0. The second-order valence-electron chi connectivity index (χ2n) is 7.02. The first-order valence-corrected chi connectivity index (χ1v) is 9.29. The highest BCUT2D eigenvalue weighted by atomic mass is 127. The van der Waals surface area contributed by atoms with Gasteiger partial charge in [0.1, 0.15) is 12.2 Å². The average Bonchev–Trinajstić information content (AvgIpc) is 3.32. The Morgan fingerprint density at radius 2 is 2.04 bits per heavy atom. The van der Waals surface area contributed by atoms with Crippen molar-refractivity contribution in [1.29, 1.82) is 0 Å². The van der Waals surface area contributed by atoms with Crippen LogP contribution in [-0.4, -0.2) is 77.3 Å². The van der Waals surface area contributed by atoms with E-state index in [2.05, 4.69) is 42.3 Å². The van der Waals surface area contributed by atoms with Crippen molar-refractivity contribution in [3.63, 3.8) is 0 Å². The van der Waals surface area contributed by atoms with E-state index in [1.54, 1.807) is 6.33 Å². The summed E-state index contributed by atoms with van der Waals surface area (Å²) in [6.07, 6.45) is 9.30. The van der Waals surface area contributed by atoms with Crippen molar-refractivity contribution in [1.82, 2.24) is 30.3 Å². The van der Waals surface area contributed by atoms with Gasteiger partial charge in [0.2, 0.25) is 0 Å². The van der Waals surface area contributed by atoms with Crippen molar-refractivity contribution in [2.75, 3.05) is 40.3 Å². The quantitative estimate of drug-likeness (QED) is 0.399. The average molecular weight is 461 g/mol. The van der Waals surface area contributed by atoms with Crippen LogP contribution in [0.2, 0.25) is 0 Å². The molecule has 8 heteroatoms. The van der Waals surface area contributed by atoms with E-state index in [9.17, 15) is 0 Å². The highest BCUT2D eigenvalue weighted by Crippen LogP contribution is 2.25. The molecule has 0 aromatic carbocycles. The fraction of sp³-hybridized carbons (Fsp3) is 0.824. The lowest BCUT2D eigenvalue weighted by molar-refractivity contribution is 0.246. The molecule has 1 saturated carbocycles. The Morgan fingerprint density at radius 1 is 1.32 bits per heavy atom.